The Kier molecular flexibility index (Phi) is 7.56. The van der Waals surface area contributed by atoms with Crippen molar-refractivity contribution in [3.05, 3.63) is 65.7 Å². The number of carbonyl (C=O) groups excluding carboxylic acids is 3. The Hall–Kier alpha value is -3.35. The Bertz CT molecular complexity index is 804. The van der Waals surface area contributed by atoms with Crippen molar-refractivity contribution in [2.45, 2.75) is 26.4 Å². The van der Waals surface area contributed by atoms with Gasteiger partial charge in [0.1, 0.15) is 6.54 Å². The number of nitrogens with one attached hydrogen (secondary N) is 2. The summed E-state index contributed by atoms with van der Waals surface area (Å²) < 4.78 is 4.71. The molecule has 0 aliphatic carbocycles. The van der Waals surface area contributed by atoms with Gasteiger partial charge in [-0.3, -0.25) is 9.59 Å². The lowest BCUT2D eigenvalue weighted by Gasteiger charge is -2.22. The normalized spacial score (nSPS) is 10.3. The zero-order chi connectivity index (χ0) is 20.5. The maximum absolute atomic E-state index is 12.9. The summed E-state index contributed by atoms with van der Waals surface area (Å²) in [7, 11) is 1.29. The maximum atomic E-state index is 12.9. The van der Waals surface area contributed by atoms with Crippen LogP contribution in [-0.4, -0.2) is 42.5 Å². The number of anilines is 1. The van der Waals surface area contributed by atoms with Gasteiger partial charge in [0.2, 0.25) is 0 Å². The summed E-state index contributed by atoms with van der Waals surface area (Å²) in [4.78, 5) is 37.8. The molecule has 0 saturated carbocycles. The molecule has 2 aromatic carbocycles. The van der Waals surface area contributed by atoms with E-state index in [1.54, 1.807) is 24.3 Å². The van der Waals surface area contributed by atoms with Gasteiger partial charge in [-0.15, -0.1) is 0 Å². The first-order chi connectivity index (χ1) is 13.4. The van der Waals surface area contributed by atoms with E-state index in [9.17, 15) is 14.4 Å². The first-order valence-electron chi connectivity index (χ1n) is 8.96. The minimum atomic E-state index is -0.493. The summed E-state index contributed by atoms with van der Waals surface area (Å²) >= 11 is 0. The van der Waals surface area contributed by atoms with E-state index in [4.69, 9.17) is 4.74 Å². The third-order valence-corrected chi connectivity index (χ3v) is 3.86. The van der Waals surface area contributed by atoms with E-state index in [-0.39, 0.29) is 31.1 Å². The number of urea groups is 1. The van der Waals surface area contributed by atoms with Crippen molar-refractivity contribution in [3.63, 3.8) is 0 Å². The summed E-state index contributed by atoms with van der Waals surface area (Å²) in [6.45, 7) is 3.86. The highest BCUT2D eigenvalue weighted by Gasteiger charge is 2.19. The van der Waals surface area contributed by atoms with Crippen LogP contribution in [0, 0.1) is 0 Å². The lowest BCUT2D eigenvalue weighted by Crippen LogP contribution is -2.36. The Morgan fingerprint density at radius 2 is 1.64 bits per heavy atom. The molecule has 7 nitrogen and oxygen atoms in total. The number of hydrogen-bond acceptors (Lipinski definition) is 4. The van der Waals surface area contributed by atoms with Crippen molar-refractivity contribution in [3.8, 4) is 0 Å². The van der Waals surface area contributed by atoms with Crippen LogP contribution < -0.4 is 10.6 Å². The summed E-state index contributed by atoms with van der Waals surface area (Å²) in [6.07, 6.45) is 0. The number of methoxy groups -OCH3 is 1. The average molecular weight is 383 g/mol. The largest absolute Gasteiger partial charge is 0.468 e. The Labute approximate surface area is 164 Å². The summed E-state index contributed by atoms with van der Waals surface area (Å²) in [5.74, 6) is -0.791. The van der Waals surface area contributed by atoms with Crippen LogP contribution in [-0.2, 0) is 16.1 Å². The average Bonchev–Trinajstić information content (AvgIpc) is 2.67. The highest BCUT2D eigenvalue weighted by Crippen LogP contribution is 2.14. The standard InChI is InChI=1S/C21H25N3O4/c1-15(2)22-21(27)23-18-11-9-17(10-12-18)20(26)24(14-19(25)28-3)13-16-7-5-4-6-8-16/h4-12,15H,13-14H2,1-3H3,(H2,22,23,27). The van der Waals surface area contributed by atoms with Gasteiger partial charge < -0.3 is 20.3 Å². The van der Waals surface area contributed by atoms with Crippen molar-refractivity contribution in [1.82, 2.24) is 10.2 Å². The Morgan fingerprint density at radius 1 is 1.00 bits per heavy atom. The van der Waals surface area contributed by atoms with Crippen LogP contribution in [0.25, 0.3) is 0 Å². The van der Waals surface area contributed by atoms with Crippen LogP contribution in [0.2, 0.25) is 0 Å². The smallest absolute Gasteiger partial charge is 0.325 e. The molecule has 0 heterocycles. The van der Waals surface area contributed by atoms with Crippen molar-refractivity contribution in [2.75, 3.05) is 19.0 Å². The van der Waals surface area contributed by atoms with Crippen LogP contribution in [0.3, 0.4) is 0 Å². The highest BCUT2D eigenvalue weighted by atomic mass is 16.5. The van der Waals surface area contributed by atoms with Gasteiger partial charge >= 0.3 is 12.0 Å². The van der Waals surface area contributed by atoms with Gasteiger partial charge in [-0.1, -0.05) is 30.3 Å². The number of nitrogens with zero attached hydrogens (tertiary/aromatic N) is 1. The predicted octanol–water partition coefficient (Wildman–Crippen LogP) is 3.03. The van der Waals surface area contributed by atoms with Gasteiger partial charge in [-0.2, -0.15) is 0 Å². The second-order valence-corrected chi connectivity index (χ2v) is 6.55. The van der Waals surface area contributed by atoms with Gasteiger partial charge in [0, 0.05) is 23.8 Å². The Balaban J connectivity index is 2.12. The predicted molar refractivity (Wildman–Crippen MR) is 107 cm³/mol. The molecule has 2 N–H and O–H groups in total. The zero-order valence-electron chi connectivity index (χ0n) is 16.3. The molecule has 0 unspecified atom stereocenters. The van der Waals surface area contributed by atoms with E-state index in [1.165, 1.54) is 12.0 Å². The molecule has 148 valence electrons. The van der Waals surface area contributed by atoms with E-state index in [1.807, 2.05) is 44.2 Å². The van der Waals surface area contributed by atoms with E-state index < -0.39 is 5.97 Å². The fourth-order valence-corrected chi connectivity index (χ4v) is 2.53. The Morgan fingerprint density at radius 3 is 2.21 bits per heavy atom. The molecule has 2 aromatic rings. The van der Waals surface area contributed by atoms with Gasteiger partial charge in [0.15, 0.2) is 0 Å². The van der Waals surface area contributed by atoms with Crippen molar-refractivity contribution in [1.29, 1.82) is 0 Å². The molecule has 0 fully saturated rings. The number of hydrogen-bond donors (Lipinski definition) is 2. The number of ether oxygens (including phenoxy) is 1. The molecule has 0 radical (unpaired) electrons. The zero-order valence-corrected chi connectivity index (χ0v) is 16.3. The van der Waals surface area contributed by atoms with Gasteiger partial charge in [0.05, 0.1) is 7.11 Å². The number of esters is 1. The third kappa shape index (κ3) is 6.42. The van der Waals surface area contributed by atoms with Crippen LogP contribution in [0.5, 0.6) is 0 Å². The number of carbonyl (C=O) groups is 3. The highest BCUT2D eigenvalue weighted by molar-refractivity contribution is 5.97. The minimum Gasteiger partial charge on any atom is -0.468 e. The topological polar surface area (TPSA) is 87.7 Å². The molecule has 0 aliphatic heterocycles. The lowest BCUT2D eigenvalue weighted by atomic mass is 10.1. The van der Waals surface area contributed by atoms with E-state index in [2.05, 4.69) is 10.6 Å². The number of rotatable bonds is 7. The molecule has 0 spiro atoms. The quantitative estimate of drug-likeness (QED) is 0.720. The second kappa shape index (κ2) is 10.1. The fraction of sp³-hybridized carbons (Fsp3) is 0.286. The lowest BCUT2D eigenvalue weighted by molar-refractivity contribution is -0.141. The molecule has 2 rings (SSSR count). The first kappa shape index (κ1) is 21.0. The van der Waals surface area contributed by atoms with Gasteiger partial charge in [-0.05, 0) is 43.7 Å². The summed E-state index contributed by atoms with van der Waals surface area (Å²) in [6, 6.07) is 15.6. The molecular weight excluding hydrogens is 358 g/mol. The van der Waals surface area contributed by atoms with E-state index in [0.29, 0.717) is 11.3 Å². The monoisotopic (exact) mass is 383 g/mol. The van der Waals surface area contributed by atoms with Crippen molar-refractivity contribution in [2.24, 2.45) is 0 Å². The molecule has 0 saturated heterocycles. The fourth-order valence-electron chi connectivity index (χ4n) is 2.53. The van der Waals surface area contributed by atoms with Crippen molar-refractivity contribution < 1.29 is 19.1 Å². The molecular formula is C21H25N3O4. The van der Waals surface area contributed by atoms with Crippen molar-refractivity contribution >= 4 is 23.6 Å². The molecule has 3 amide bonds. The van der Waals surface area contributed by atoms with Gasteiger partial charge in [-0.25, -0.2) is 4.79 Å². The first-order valence-corrected chi connectivity index (χ1v) is 8.96. The van der Waals surface area contributed by atoms with Crippen LogP contribution in [0.4, 0.5) is 10.5 Å². The maximum Gasteiger partial charge on any atom is 0.325 e. The second-order valence-electron chi connectivity index (χ2n) is 6.55. The molecule has 0 atom stereocenters. The molecule has 0 aromatic heterocycles. The molecule has 0 aliphatic rings. The summed E-state index contributed by atoms with van der Waals surface area (Å²) in [5, 5.41) is 5.43. The number of amides is 3. The van der Waals surface area contributed by atoms with Gasteiger partial charge in [0.25, 0.3) is 5.91 Å². The van der Waals surface area contributed by atoms with Crippen LogP contribution in [0.1, 0.15) is 29.8 Å². The summed E-state index contributed by atoms with van der Waals surface area (Å²) in [5.41, 5.74) is 1.88. The van der Waals surface area contributed by atoms with Crippen LogP contribution in [0.15, 0.2) is 54.6 Å². The number of benzene rings is 2. The van der Waals surface area contributed by atoms with Crippen LogP contribution >= 0.6 is 0 Å². The molecule has 7 heteroatoms. The molecule has 0 bridgehead atoms. The SMILES string of the molecule is COC(=O)CN(Cc1ccccc1)C(=O)c1ccc(NC(=O)NC(C)C)cc1. The molecule has 28 heavy (non-hydrogen) atoms. The third-order valence-electron chi connectivity index (χ3n) is 3.86. The van der Waals surface area contributed by atoms with E-state index in [0.717, 1.165) is 5.56 Å². The minimum absolute atomic E-state index is 0.0192. The van der Waals surface area contributed by atoms with E-state index >= 15 is 0 Å².